The van der Waals surface area contributed by atoms with Gasteiger partial charge in [0.1, 0.15) is 0 Å². The molecule has 114 valence electrons. The average molecular weight is 289 g/mol. The SMILES string of the molecule is [2H]/C(=C/CCCCC1OOC(C)(C(=O)OC)O1)C(=O)OC. The van der Waals surface area contributed by atoms with Gasteiger partial charge in [-0.05, 0) is 19.3 Å². The molecule has 2 unspecified atom stereocenters. The summed E-state index contributed by atoms with van der Waals surface area (Å²) in [7, 11) is 2.47. The van der Waals surface area contributed by atoms with Gasteiger partial charge in [-0.15, -0.1) is 0 Å². The molecule has 1 saturated heterocycles. The molecule has 0 N–H and O–H groups in total. The molecule has 0 aliphatic carbocycles. The summed E-state index contributed by atoms with van der Waals surface area (Å²) < 4.78 is 21.7. The van der Waals surface area contributed by atoms with Crippen LogP contribution in [0.5, 0.6) is 0 Å². The fourth-order valence-corrected chi connectivity index (χ4v) is 1.58. The van der Waals surface area contributed by atoms with Crippen LogP contribution in [0.3, 0.4) is 0 Å². The number of hydrogen-bond acceptors (Lipinski definition) is 7. The Balaban J connectivity index is 2.23. The molecule has 20 heavy (non-hydrogen) atoms. The van der Waals surface area contributed by atoms with Gasteiger partial charge in [0.15, 0.2) is 6.29 Å². The van der Waals surface area contributed by atoms with Crippen molar-refractivity contribution in [3.63, 3.8) is 0 Å². The van der Waals surface area contributed by atoms with Crippen molar-refractivity contribution in [2.75, 3.05) is 14.2 Å². The Morgan fingerprint density at radius 1 is 1.35 bits per heavy atom. The topological polar surface area (TPSA) is 80.3 Å². The van der Waals surface area contributed by atoms with Crippen molar-refractivity contribution >= 4 is 11.9 Å². The maximum Gasteiger partial charge on any atom is 0.369 e. The monoisotopic (exact) mass is 289 g/mol. The van der Waals surface area contributed by atoms with E-state index in [9.17, 15) is 9.59 Å². The molecule has 1 aliphatic heterocycles. The van der Waals surface area contributed by atoms with Gasteiger partial charge in [0.25, 0.3) is 5.79 Å². The molecule has 0 saturated carbocycles. The zero-order valence-corrected chi connectivity index (χ0v) is 11.8. The van der Waals surface area contributed by atoms with Crippen LogP contribution in [-0.2, 0) is 33.6 Å². The third kappa shape index (κ3) is 4.92. The number of carbonyl (C=O) groups excluding carboxylic acids is 2. The van der Waals surface area contributed by atoms with Crippen LogP contribution in [0, 0.1) is 0 Å². The smallest absolute Gasteiger partial charge is 0.369 e. The number of esters is 2. The third-order valence-electron chi connectivity index (χ3n) is 2.67. The summed E-state index contributed by atoms with van der Waals surface area (Å²) in [5.74, 6) is -2.84. The Labute approximate surface area is 119 Å². The van der Waals surface area contributed by atoms with Crippen LogP contribution >= 0.6 is 0 Å². The van der Waals surface area contributed by atoms with Crippen LogP contribution in [-0.4, -0.2) is 38.2 Å². The van der Waals surface area contributed by atoms with Crippen molar-refractivity contribution in [3.05, 3.63) is 12.1 Å². The van der Waals surface area contributed by atoms with E-state index >= 15 is 0 Å². The molecule has 0 spiro atoms. The van der Waals surface area contributed by atoms with E-state index in [2.05, 4.69) is 9.47 Å². The number of allylic oxidation sites excluding steroid dienone is 1. The quantitative estimate of drug-likeness (QED) is 0.304. The van der Waals surface area contributed by atoms with E-state index in [-0.39, 0.29) is 6.05 Å². The number of unbranched alkanes of at least 4 members (excludes halogenated alkanes) is 2. The van der Waals surface area contributed by atoms with Gasteiger partial charge in [-0.25, -0.2) is 14.5 Å². The van der Waals surface area contributed by atoms with E-state index in [1.54, 1.807) is 0 Å². The molecule has 1 rings (SSSR count). The molecule has 7 nitrogen and oxygen atoms in total. The van der Waals surface area contributed by atoms with E-state index in [1.807, 2.05) is 0 Å². The molecule has 0 bridgehead atoms. The maximum absolute atomic E-state index is 11.4. The molecule has 2 atom stereocenters. The van der Waals surface area contributed by atoms with Gasteiger partial charge in [0.2, 0.25) is 0 Å². The van der Waals surface area contributed by atoms with Crippen LogP contribution < -0.4 is 0 Å². The molecule has 0 radical (unpaired) electrons. The van der Waals surface area contributed by atoms with Crippen LogP contribution in [0.15, 0.2) is 12.1 Å². The van der Waals surface area contributed by atoms with E-state index < -0.39 is 24.0 Å². The highest BCUT2D eigenvalue weighted by Crippen LogP contribution is 2.28. The summed E-state index contributed by atoms with van der Waals surface area (Å²) in [6.07, 6.45) is 3.39. The summed E-state index contributed by atoms with van der Waals surface area (Å²) in [5.41, 5.74) is 0. The molecule has 1 fully saturated rings. The van der Waals surface area contributed by atoms with Crippen molar-refractivity contribution in [1.29, 1.82) is 0 Å². The molecule has 0 aromatic heterocycles. The summed E-state index contributed by atoms with van der Waals surface area (Å²) in [6, 6.07) is -0.160. The first-order valence-corrected chi connectivity index (χ1v) is 6.28. The van der Waals surface area contributed by atoms with Crippen molar-refractivity contribution in [3.8, 4) is 0 Å². The van der Waals surface area contributed by atoms with Gasteiger partial charge < -0.3 is 14.2 Å². The molecular formula is C13H20O7. The standard InChI is InChI=1S/C13H20O7/c1-13(12(15)17-3)18-11(19-20-13)9-7-5-4-6-8-10(14)16-2/h6,8,11H,4-5,7,9H2,1-3H3/b8-6-/i8D. The first kappa shape index (κ1) is 15.0. The van der Waals surface area contributed by atoms with Crippen LogP contribution in [0.1, 0.15) is 34.0 Å². The summed E-state index contributed by atoms with van der Waals surface area (Å²) in [4.78, 5) is 32.1. The van der Waals surface area contributed by atoms with Gasteiger partial charge in [-0.1, -0.05) is 6.08 Å². The second-order valence-electron chi connectivity index (χ2n) is 4.29. The Kier molecular flexibility index (Phi) is 5.97. The molecule has 0 aromatic carbocycles. The summed E-state index contributed by atoms with van der Waals surface area (Å²) in [6.45, 7) is 1.42. The second-order valence-corrected chi connectivity index (χ2v) is 4.29. The normalized spacial score (nSPS) is 27.1. The van der Waals surface area contributed by atoms with Gasteiger partial charge in [0, 0.05) is 19.4 Å². The zero-order valence-electron chi connectivity index (χ0n) is 12.8. The molecule has 1 aliphatic rings. The van der Waals surface area contributed by atoms with Crippen LogP contribution in [0.25, 0.3) is 0 Å². The molecular weight excluding hydrogens is 268 g/mol. The van der Waals surface area contributed by atoms with E-state index in [0.717, 1.165) is 12.8 Å². The zero-order chi connectivity index (χ0) is 15.9. The van der Waals surface area contributed by atoms with Gasteiger partial charge in [0.05, 0.1) is 15.6 Å². The van der Waals surface area contributed by atoms with Crippen LogP contribution in [0.4, 0.5) is 0 Å². The minimum atomic E-state index is -1.53. The van der Waals surface area contributed by atoms with Crippen LogP contribution in [0.2, 0.25) is 0 Å². The lowest BCUT2D eigenvalue weighted by molar-refractivity contribution is -0.321. The highest BCUT2D eigenvalue weighted by Gasteiger charge is 2.47. The lowest BCUT2D eigenvalue weighted by atomic mass is 10.2. The number of hydrogen-bond donors (Lipinski definition) is 0. The second kappa shape index (κ2) is 7.98. The maximum atomic E-state index is 11.4. The number of ether oxygens (including phenoxy) is 3. The Hall–Kier alpha value is -1.44. The fourth-order valence-electron chi connectivity index (χ4n) is 1.58. The average Bonchev–Trinajstić information content (AvgIpc) is 2.87. The minimum absolute atomic E-state index is 0.160. The Morgan fingerprint density at radius 2 is 2.10 bits per heavy atom. The summed E-state index contributed by atoms with van der Waals surface area (Å²) >= 11 is 0. The van der Waals surface area contributed by atoms with Gasteiger partial charge in [-0.3, -0.25) is 0 Å². The van der Waals surface area contributed by atoms with E-state index in [0.29, 0.717) is 12.8 Å². The molecule has 1 heterocycles. The minimum Gasteiger partial charge on any atom is -0.466 e. The Morgan fingerprint density at radius 3 is 2.75 bits per heavy atom. The van der Waals surface area contributed by atoms with Crippen molar-refractivity contribution < 1.29 is 34.9 Å². The first-order valence-electron chi connectivity index (χ1n) is 6.78. The number of rotatable bonds is 7. The predicted octanol–water partition coefficient (Wildman–Crippen LogP) is 1.47. The highest BCUT2D eigenvalue weighted by molar-refractivity contribution is 5.81. The highest BCUT2D eigenvalue weighted by atomic mass is 17.3. The van der Waals surface area contributed by atoms with Crippen molar-refractivity contribution in [1.82, 2.24) is 0 Å². The first-order chi connectivity index (χ1) is 9.92. The van der Waals surface area contributed by atoms with E-state index in [4.69, 9.17) is 15.9 Å². The fraction of sp³-hybridized carbons (Fsp3) is 0.692. The molecule has 7 heteroatoms. The van der Waals surface area contributed by atoms with E-state index in [1.165, 1.54) is 27.2 Å². The Bertz CT molecular complexity index is 409. The predicted molar refractivity (Wildman–Crippen MR) is 67.1 cm³/mol. The number of carbonyl (C=O) groups is 2. The van der Waals surface area contributed by atoms with Crippen molar-refractivity contribution in [2.45, 2.75) is 44.7 Å². The lowest BCUT2D eigenvalue weighted by Gasteiger charge is -2.16. The molecule has 0 aromatic rings. The largest absolute Gasteiger partial charge is 0.466 e. The summed E-state index contributed by atoms with van der Waals surface area (Å²) in [5, 5.41) is 0. The van der Waals surface area contributed by atoms with Gasteiger partial charge in [-0.2, -0.15) is 4.89 Å². The molecule has 0 amide bonds. The lowest BCUT2D eigenvalue weighted by Crippen LogP contribution is -2.38. The number of methoxy groups -OCH3 is 2. The van der Waals surface area contributed by atoms with Gasteiger partial charge >= 0.3 is 11.9 Å². The third-order valence-corrected chi connectivity index (χ3v) is 2.67. The van der Waals surface area contributed by atoms with Crippen molar-refractivity contribution in [2.24, 2.45) is 0 Å².